The van der Waals surface area contributed by atoms with Crippen molar-refractivity contribution in [1.82, 2.24) is 9.80 Å². The molecule has 0 aliphatic heterocycles. The molecule has 0 fully saturated rings. The van der Waals surface area contributed by atoms with Gasteiger partial charge >= 0.3 is 11.9 Å². The lowest BCUT2D eigenvalue weighted by molar-refractivity contribution is -0.147. The zero-order chi connectivity index (χ0) is 28.6. The van der Waals surface area contributed by atoms with Gasteiger partial charge in [-0.1, -0.05) is 92.9 Å². The summed E-state index contributed by atoms with van der Waals surface area (Å²) in [5.74, 6) is 1.05. The molecule has 0 heterocycles. The molecule has 0 aliphatic carbocycles. The van der Waals surface area contributed by atoms with Crippen molar-refractivity contribution in [2.24, 2.45) is 11.8 Å². The van der Waals surface area contributed by atoms with E-state index in [2.05, 4.69) is 46.4 Å². The maximum Gasteiger partial charge on any atom is 0.305 e. The van der Waals surface area contributed by atoms with Gasteiger partial charge < -0.3 is 19.3 Å². The van der Waals surface area contributed by atoms with E-state index >= 15 is 0 Å². The molecule has 38 heavy (non-hydrogen) atoms. The van der Waals surface area contributed by atoms with Gasteiger partial charge in [-0.2, -0.15) is 0 Å². The van der Waals surface area contributed by atoms with Crippen molar-refractivity contribution in [3.05, 3.63) is 0 Å². The summed E-state index contributed by atoms with van der Waals surface area (Å²) in [7, 11) is 0. The van der Waals surface area contributed by atoms with Gasteiger partial charge in [0.15, 0.2) is 0 Å². The molecule has 7 heteroatoms. The van der Waals surface area contributed by atoms with E-state index in [1.807, 2.05) is 0 Å². The van der Waals surface area contributed by atoms with E-state index in [1.54, 1.807) is 4.90 Å². The van der Waals surface area contributed by atoms with Crippen LogP contribution in [0.5, 0.6) is 0 Å². The Labute approximate surface area is 234 Å². The Kier molecular flexibility index (Phi) is 23.4. The molecule has 0 radical (unpaired) electrons. The topological polar surface area (TPSA) is 76.2 Å². The second-order valence-electron chi connectivity index (χ2n) is 11.3. The molecule has 0 N–H and O–H groups in total. The molecule has 0 aliphatic rings. The quantitative estimate of drug-likeness (QED) is 0.0956. The Bertz CT molecular complexity index is 567. The molecular weight excluding hydrogens is 480 g/mol. The third kappa shape index (κ3) is 22.4. The number of hydrogen-bond acceptors (Lipinski definition) is 6. The van der Waals surface area contributed by atoms with Gasteiger partial charge in [-0.05, 0) is 37.8 Å². The van der Waals surface area contributed by atoms with Crippen molar-refractivity contribution in [2.75, 3.05) is 45.9 Å². The first-order valence-electron chi connectivity index (χ1n) is 15.5. The molecular formula is C31H60N2O5. The number of unbranched alkanes of at least 4 members (excludes halogenated alkanes) is 6. The Morgan fingerprint density at radius 1 is 0.579 bits per heavy atom. The average molecular weight is 541 g/mol. The Morgan fingerprint density at radius 3 is 1.39 bits per heavy atom. The number of carbonyl (C=O) groups is 3. The van der Waals surface area contributed by atoms with Crippen LogP contribution in [-0.4, -0.2) is 73.6 Å². The van der Waals surface area contributed by atoms with E-state index in [1.165, 1.54) is 25.7 Å². The number of esters is 2. The van der Waals surface area contributed by atoms with Crippen LogP contribution in [-0.2, 0) is 23.9 Å². The summed E-state index contributed by atoms with van der Waals surface area (Å²) in [5, 5.41) is 0. The summed E-state index contributed by atoms with van der Waals surface area (Å²) in [6.45, 7) is 16.6. The number of ether oxygens (including phenoxy) is 2. The monoisotopic (exact) mass is 540 g/mol. The second-order valence-corrected chi connectivity index (χ2v) is 11.3. The van der Waals surface area contributed by atoms with Crippen LogP contribution in [0.25, 0.3) is 0 Å². The molecule has 0 rings (SSSR count). The molecule has 0 bridgehead atoms. The highest BCUT2D eigenvalue weighted by molar-refractivity contribution is 5.76. The molecule has 224 valence electrons. The van der Waals surface area contributed by atoms with Gasteiger partial charge in [-0.3, -0.25) is 14.4 Å². The maximum absolute atomic E-state index is 12.9. The minimum atomic E-state index is -0.204. The van der Waals surface area contributed by atoms with Gasteiger partial charge in [-0.25, -0.2) is 0 Å². The van der Waals surface area contributed by atoms with Crippen LogP contribution in [0.1, 0.15) is 125 Å². The van der Waals surface area contributed by atoms with Crippen molar-refractivity contribution >= 4 is 17.8 Å². The van der Waals surface area contributed by atoms with Gasteiger partial charge in [0, 0.05) is 25.8 Å². The van der Waals surface area contributed by atoms with Gasteiger partial charge in [0.2, 0.25) is 5.91 Å². The standard InChI is InChI=1S/C31H60N2O5/c1-7-32(8-2)22-21-29(34)33(23-25-37-30(35)19-15-11-9-13-17-27(3)4)24-26-38-31(36)20-16-12-10-14-18-28(5)6/h27-28H,7-26H2,1-6H3. The third-order valence-corrected chi connectivity index (χ3v) is 6.96. The number of nitrogens with zero attached hydrogens (tertiary/aromatic N) is 2. The molecule has 0 aromatic heterocycles. The molecule has 0 aromatic rings. The highest BCUT2D eigenvalue weighted by Gasteiger charge is 2.16. The highest BCUT2D eigenvalue weighted by Crippen LogP contribution is 2.12. The predicted octanol–water partition coefficient (Wildman–Crippen LogP) is 6.63. The van der Waals surface area contributed by atoms with Crippen LogP contribution in [0.15, 0.2) is 0 Å². The number of carbonyl (C=O) groups excluding carboxylic acids is 3. The SMILES string of the molecule is CCN(CC)CCC(=O)N(CCOC(=O)CCCCCCC(C)C)CCOC(=O)CCCCCCC(C)C. The lowest BCUT2D eigenvalue weighted by Crippen LogP contribution is -2.39. The summed E-state index contributed by atoms with van der Waals surface area (Å²) in [6, 6.07) is 0. The van der Waals surface area contributed by atoms with Crippen LogP contribution in [0.3, 0.4) is 0 Å². The van der Waals surface area contributed by atoms with Gasteiger partial charge in [0.25, 0.3) is 0 Å². The van der Waals surface area contributed by atoms with Gasteiger partial charge in [0.05, 0.1) is 13.1 Å². The fraction of sp³-hybridized carbons (Fsp3) is 0.903. The second kappa shape index (κ2) is 24.4. The average Bonchev–Trinajstić information content (AvgIpc) is 2.87. The smallest absolute Gasteiger partial charge is 0.305 e. The first kappa shape index (κ1) is 36.4. The van der Waals surface area contributed by atoms with Crippen molar-refractivity contribution in [2.45, 2.75) is 125 Å². The van der Waals surface area contributed by atoms with Crippen molar-refractivity contribution < 1.29 is 23.9 Å². The minimum Gasteiger partial charge on any atom is -0.464 e. The van der Waals surface area contributed by atoms with Gasteiger partial charge in [-0.15, -0.1) is 0 Å². The van der Waals surface area contributed by atoms with Crippen LogP contribution in [0, 0.1) is 11.8 Å². The first-order chi connectivity index (χ1) is 18.2. The van der Waals surface area contributed by atoms with E-state index in [9.17, 15) is 14.4 Å². The molecule has 1 amide bonds. The summed E-state index contributed by atoms with van der Waals surface area (Å²) in [6.07, 6.45) is 12.2. The maximum atomic E-state index is 12.9. The van der Waals surface area contributed by atoms with E-state index in [0.29, 0.717) is 38.9 Å². The summed E-state index contributed by atoms with van der Waals surface area (Å²) in [4.78, 5) is 41.0. The van der Waals surface area contributed by atoms with Crippen LogP contribution >= 0.6 is 0 Å². The molecule has 0 spiro atoms. The normalized spacial score (nSPS) is 11.4. The van der Waals surface area contributed by atoms with E-state index in [0.717, 1.165) is 63.5 Å². The predicted molar refractivity (Wildman–Crippen MR) is 156 cm³/mol. The highest BCUT2D eigenvalue weighted by atomic mass is 16.5. The minimum absolute atomic E-state index is 0.000645. The van der Waals surface area contributed by atoms with Crippen molar-refractivity contribution in [3.63, 3.8) is 0 Å². The first-order valence-corrected chi connectivity index (χ1v) is 15.5. The van der Waals surface area contributed by atoms with Crippen molar-refractivity contribution in [3.8, 4) is 0 Å². The summed E-state index contributed by atoms with van der Waals surface area (Å²) >= 11 is 0. The zero-order valence-electron chi connectivity index (χ0n) is 25.7. The van der Waals surface area contributed by atoms with Crippen LogP contribution < -0.4 is 0 Å². The Balaban J connectivity index is 4.39. The van der Waals surface area contributed by atoms with Crippen molar-refractivity contribution in [1.29, 1.82) is 0 Å². The fourth-order valence-electron chi connectivity index (χ4n) is 4.35. The lowest BCUT2D eigenvalue weighted by atomic mass is 10.0. The largest absolute Gasteiger partial charge is 0.464 e. The van der Waals surface area contributed by atoms with E-state index in [-0.39, 0.29) is 31.1 Å². The Morgan fingerprint density at radius 2 is 1.00 bits per heavy atom. The number of amides is 1. The number of hydrogen-bond donors (Lipinski definition) is 0. The van der Waals surface area contributed by atoms with E-state index in [4.69, 9.17) is 9.47 Å². The zero-order valence-corrected chi connectivity index (χ0v) is 25.7. The third-order valence-electron chi connectivity index (χ3n) is 6.96. The molecule has 0 aromatic carbocycles. The fourth-order valence-corrected chi connectivity index (χ4v) is 4.35. The molecule has 0 unspecified atom stereocenters. The lowest BCUT2D eigenvalue weighted by Gasteiger charge is -2.24. The summed E-state index contributed by atoms with van der Waals surface area (Å²) in [5.41, 5.74) is 0. The van der Waals surface area contributed by atoms with E-state index < -0.39 is 0 Å². The molecule has 0 atom stereocenters. The molecule has 0 saturated heterocycles. The van der Waals surface area contributed by atoms with Crippen LogP contribution in [0.4, 0.5) is 0 Å². The number of rotatable bonds is 25. The molecule has 7 nitrogen and oxygen atoms in total. The summed E-state index contributed by atoms with van der Waals surface area (Å²) < 4.78 is 10.8. The van der Waals surface area contributed by atoms with Gasteiger partial charge in [0.1, 0.15) is 13.2 Å². The molecule has 0 saturated carbocycles. The Hall–Kier alpha value is -1.63. The van der Waals surface area contributed by atoms with Crippen LogP contribution in [0.2, 0.25) is 0 Å².